The highest BCUT2D eigenvalue weighted by Gasteiger charge is 2.18. The van der Waals surface area contributed by atoms with Gasteiger partial charge < -0.3 is 10.4 Å². The molecule has 0 saturated heterocycles. The summed E-state index contributed by atoms with van der Waals surface area (Å²) in [5.74, 6) is -0.479. The first-order valence-corrected chi connectivity index (χ1v) is 8.00. The Morgan fingerprint density at radius 3 is 2.64 bits per heavy atom. The Kier molecular flexibility index (Phi) is 5.74. The van der Waals surface area contributed by atoms with Gasteiger partial charge >= 0.3 is 5.97 Å². The van der Waals surface area contributed by atoms with Gasteiger partial charge in [-0.3, -0.25) is 4.79 Å². The fraction of sp³-hybridized carbons (Fsp3) is 0.375. The van der Waals surface area contributed by atoms with Crippen molar-refractivity contribution >= 4 is 21.9 Å². The molecule has 2 N–H and O–H groups in total. The van der Waals surface area contributed by atoms with E-state index in [2.05, 4.69) is 26.3 Å². The molecule has 0 aliphatic rings. The van der Waals surface area contributed by atoms with Crippen LogP contribution < -0.4 is 5.32 Å². The van der Waals surface area contributed by atoms with Crippen molar-refractivity contribution in [3.05, 3.63) is 46.7 Å². The van der Waals surface area contributed by atoms with Gasteiger partial charge in [-0.05, 0) is 36.6 Å². The Balaban J connectivity index is 1.99. The molecule has 1 aromatic carbocycles. The molecule has 0 radical (unpaired) electrons. The number of carboxylic acid groups (broad SMARTS) is 1. The van der Waals surface area contributed by atoms with Crippen molar-refractivity contribution in [3.8, 4) is 5.69 Å². The lowest BCUT2D eigenvalue weighted by Gasteiger charge is -2.15. The van der Waals surface area contributed by atoms with Crippen molar-refractivity contribution in [2.75, 3.05) is 0 Å². The van der Waals surface area contributed by atoms with Crippen molar-refractivity contribution in [1.82, 2.24) is 15.1 Å². The van der Waals surface area contributed by atoms with Crippen LogP contribution in [0.2, 0.25) is 0 Å². The molecule has 1 aromatic heterocycles. The number of aliphatic carboxylic acids is 1. The van der Waals surface area contributed by atoms with Crippen molar-refractivity contribution in [1.29, 1.82) is 0 Å². The van der Waals surface area contributed by atoms with E-state index in [1.807, 2.05) is 44.3 Å². The molecule has 1 heterocycles. The zero-order valence-corrected chi connectivity index (χ0v) is 14.2. The van der Waals surface area contributed by atoms with Gasteiger partial charge in [0.25, 0.3) is 0 Å². The summed E-state index contributed by atoms with van der Waals surface area (Å²) in [6.45, 7) is 4.52. The molecule has 0 fully saturated rings. The van der Waals surface area contributed by atoms with Crippen molar-refractivity contribution in [3.63, 3.8) is 0 Å². The Morgan fingerprint density at radius 2 is 2.05 bits per heavy atom. The van der Waals surface area contributed by atoms with Crippen LogP contribution in [0.3, 0.4) is 0 Å². The van der Waals surface area contributed by atoms with Crippen LogP contribution in [0.15, 0.2) is 41.1 Å². The first-order chi connectivity index (χ1) is 10.5. The molecular formula is C16H20BrN3O2. The summed E-state index contributed by atoms with van der Waals surface area (Å²) in [4.78, 5) is 11.2. The third-order valence-electron chi connectivity index (χ3n) is 3.29. The normalized spacial score (nSPS) is 12.5. The molecule has 0 aliphatic carbocycles. The van der Waals surface area contributed by atoms with Crippen molar-refractivity contribution in [2.45, 2.75) is 32.9 Å². The third-order valence-corrected chi connectivity index (χ3v) is 3.81. The average Bonchev–Trinajstić information content (AvgIpc) is 2.92. The summed E-state index contributed by atoms with van der Waals surface area (Å²) < 4.78 is 2.80. The molecule has 0 aliphatic heterocycles. The standard InChI is InChI=1S/C16H20BrN3O2/c1-11(2)7-15(16(21)22)18-8-12-9-19-20(10-12)14-5-3-13(17)4-6-14/h3-6,9-11,15,18H,7-8H2,1-2H3,(H,21,22). The first kappa shape index (κ1) is 16.7. The van der Waals surface area contributed by atoms with Gasteiger partial charge in [-0.1, -0.05) is 29.8 Å². The summed E-state index contributed by atoms with van der Waals surface area (Å²) in [5, 5.41) is 16.6. The summed E-state index contributed by atoms with van der Waals surface area (Å²) in [6, 6.07) is 7.31. The highest BCUT2D eigenvalue weighted by Crippen LogP contribution is 2.14. The van der Waals surface area contributed by atoms with E-state index < -0.39 is 12.0 Å². The Bertz CT molecular complexity index is 623. The number of rotatable bonds is 7. The summed E-state index contributed by atoms with van der Waals surface area (Å²) >= 11 is 3.40. The molecule has 2 rings (SSSR count). The highest BCUT2D eigenvalue weighted by molar-refractivity contribution is 9.10. The Hall–Kier alpha value is -1.66. The molecule has 2 aromatic rings. The number of nitrogens with one attached hydrogen (secondary N) is 1. The van der Waals surface area contributed by atoms with Gasteiger partial charge in [0.15, 0.2) is 0 Å². The third kappa shape index (κ3) is 4.68. The minimum atomic E-state index is -0.811. The maximum absolute atomic E-state index is 11.2. The van der Waals surface area contributed by atoms with E-state index in [9.17, 15) is 9.90 Å². The van der Waals surface area contributed by atoms with Gasteiger partial charge in [0.05, 0.1) is 11.9 Å². The van der Waals surface area contributed by atoms with E-state index in [0.717, 1.165) is 15.7 Å². The highest BCUT2D eigenvalue weighted by atomic mass is 79.9. The molecule has 0 amide bonds. The van der Waals surface area contributed by atoms with Crippen LogP contribution in [0.25, 0.3) is 5.69 Å². The largest absolute Gasteiger partial charge is 0.480 e. The predicted octanol–water partition coefficient (Wildman–Crippen LogP) is 3.22. The molecule has 118 valence electrons. The van der Waals surface area contributed by atoms with E-state index in [0.29, 0.717) is 18.9 Å². The van der Waals surface area contributed by atoms with Gasteiger partial charge in [-0.2, -0.15) is 5.10 Å². The maximum Gasteiger partial charge on any atom is 0.320 e. The van der Waals surface area contributed by atoms with Gasteiger partial charge in [-0.15, -0.1) is 0 Å². The van der Waals surface area contributed by atoms with Gasteiger partial charge in [0, 0.05) is 22.8 Å². The van der Waals surface area contributed by atoms with Crippen LogP contribution in [-0.2, 0) is 11.3 Å². The molecule has 22 heavy (non-hydrogen) atoms. The minimum absolute atomic E-state index is 0.332. The second kappa shape index (κ2) is 7.56. The van der Waals surface area contributed by atoms with Gasteiger partial charge in [0.1, 0.15) is 6.04 Å². The maximum atomic E-state index is 11.2. The van der Waals surface area contributed by atoms with Crippen LogP contribution in [0.5, 0.6) is 0 Å². The number of benzene rings is 1. The smallest absolute Gasteiger partial charge is 0.320 e. The second-order valence-corrected chi connectivity index (χ2v) is 6.59. The molecule has 6 heteroatoms. The van der Waals surface area contributed by atoms with Crippen LogP contribution in [0.4, 0.5) is 0 Å². The summed E-state index contributed by atoms with van der Waals surface area (Å²) in [7, 11) is 0. The van der Waals surface area contributed by atoms with Crippen molar-refractivity contribution < 1.29 is 9.90 Å². The Labute approximate surface area is 138 Å². The fourth-order valence-corrected chi connectivity index (χ4v) is 2.43. The number of nitrogens with zero attached hydrogens (tertiary/aromatic N) is 2. The van der Waals surface area contributed by atoms with E-state index in [1.54, 1.807) is 10.9 Å². The number of halogens is 1. The zero-order valence-electron chi connectivity index (χ0n) is 12.7. The quantitative estimate of drug-likeness (QED) is 0.790. The van der Waals surface area contributed by atoms with Gasteiger partial charge in [-0.25, -0.2) is 4.68 Å². The molecule has 5 nitrogen and oxygen atoms in total. The number of carbonyl (C=O) groups is 1. The van der Waals surface area contributed by atoms with E-state index >= 15 is 0 Å². The minimum Gasteiger partial charge on any atom is -0.480 e. The average molecular weight is 366 g/mol. The first-order valence-electron chi connectivity index (χ1n) is 7.21. The molecule has 0 bridgehead atoms. The van der Waals surface area contributed by atoms with Crippen LogP contribution >= 0.6 is 15.9 Å². The van der Waals surface area contributed by atoms with Crippen LogP contribution in [-0.4, -0.2) is 26.9 Å². The number of carboxylic acids is 1. The monoisotopic (exact) mass is 365 g/mol. The molecule has 1 unspecified atom stereocenters. The topological polar surface area (TPSA) is 67.2 Å². The van der Waals surface area contributed by atoms with E-state index in [4.69, 9.17) is 0 Å². The number of aromatic nitrogens is 2. The molecular weight excluding hydrogens is 346 g/mol. The summed E-state index contributed by atoms with van der Waals surface area (Å²) in [5.41, 5.74) is 1.92. The predicted molar refractivity (Wildman–Crippen MR) is 89.0 cm³/mol. The van der Waals surface area contributed by atoms with E-state index in [1.165, 1.54) is 0 Å². The lowest BCUT2D eigenvalue weighted by Crippen LogP contribution is -2.37. The van der Waals surface area contributed by atoms with Gasteiger partial charge in [0.2, 0.25) is 0 Å². The Morgan fingerprint density at radius 1 is 1.36 bits per heavy atom. The lowest BCUT2D eigenvalue weighted by atomic mass is 10.0. The summed E-state index contributed by atoms with van der Waals surface area (Å²) in [6.07, 6.45) is 4.27. The SMILES string of the molecule is CC(C)CC(NCc1cnn(-c2ccc(Br)cc2)c1)C(=O)O. The number of hydrogen-bond donors (Lipinski definition) is 2. The van der Waals surface area contributed by atoms with Crippen LogP contribution in [0.1, 0.15) is 25.8 Å². The molecule has 0 saturated carbocycles. The second-order valence-electron chi connectivity index (χ2n) is 5.67. The number of hydrogen-bond acceptors (Lipinski definition) is 3. The van der Waals surface area contributed by atoms with E-state index in [-0.39, 0.29) is 0 Å². The zero-order chi connectivity index (χ0) is 16.1. The van der Waals surface area contributed by atoms with Crippen molar-refractivity contribution in [2.24, 2.45) is 5.92 Å². The van der Waals surface area contributed by atoms with Crippen LogP contribution in [0, 0.1) is 5.92 Å². The molecule has 0 spiro atoms. The molecule has 1 atom stereocenters. The fourth-order valence-electron chi connectivity index (χ4n) is 2.17. The lowest BCUT2D eigenvalue weighted by molar-refractivity contribution is -0.140.